The van der Waals surface area contributed by atoms with Crippen LogP contribution in [0.4, 0.5) is 0 Å². The third-order valence-corrected chi connectivity index (χ3v) is 5.44. The first-order chi connectivity index (χ1) is 16.5. The van der Waals surface area contributed by atoms with Gasteiger partial charge in [0.1, 0.15) is 16.9 Å². The summed E-state index contributed by atoms with van der Waals surface area (Å²) in [4.78, 5) is 48.1. The second-order valence-corrected chi connectivity index (χ2v) is 7.87. The maximum absolute atomic E-state index is 13.4. The van der Waals surface area contributed by atoms with E-state index in [4.69, 9.17) is 9.72 Å². The fraction of sp³-hybridized carbons (Fsp3) is 0.269. The molecular formula is C26H26N4O4. The second kappa shape index (κ2) is 10.2. The number of ether oxygens (including phenoxy) is 1. The van der Waals surface area contributed by atoms with Gasteiger partial charge in [-0.3, -0.25) is 14.0 Å². The van der Waals surface area contributed by atoms with Crippen LogP contribution >= 0.6 is 0 Å². The Kier molecular flexibility index (Phi) is 6.96. The van der Waals surface area contributed by atoms with Gasteiger partial charge < -0.3 is 9.30 Å². The zero-order valence-electron chi connectivity index (χ0n) is 19.2. The van der Waals surface area contributed by atoms with E-state index in [-0.39, 0.29) is 47.5 Å². The minimum atomic E-state index is -0.647. The van der Waals surface area contributed by atoms with Gasteiger partial charge in [0.05, 0.1) is 18.5 Å². The normalized spacial score (nSPS) is 11.8. The number of pyridine rings is 2. The molecule has 1 aromatic carbocycles. The Morgan fingerprint density at radius 2 is 1.82 bits per heavy atom. The monoisotopic (exact) mass is 458 g/mol. The highest BCUT2D eigenvalue weighted by molar-refractivity contribution is 5.93. The van der Waals surface area contributed by atoms with Crippen molar-refractivity contribution in [1.29, 1.82) is 0 Å². The predicted molar refractivity (Wildman–Crippen MR) is 129 cm³/mol. The van der Waals surface area contributed by atoms with Crippen molar-refractivity contribution in [3.05, 3.63) is 87.8 Å². The van der Waals surface area contributed by atoms with Crippen molar-refractivity contribution in [1.82, 2.24) is 14.0 Å². The van der Waals surface area contributed by atoms with Crippen LogP contribution < -0.4 is 11.0 Å². The van der Waals surface area contributed by atoms with Gasteiger partial charge in [0.2, 0.25) is 5.91 Å². The number of unbranched alkanes of at least 4 members (excludes halogenated alkanes) is 1. The molecule has 3 aromatic heterocycles. The highest BCUT2D eigenvalue weighted by Gasteiger charge is 2.20. The minimum Gasteiger partial charge on any atom is -0.462 e. The molecule has 3 heterocycles. The molecule has 0 atom stereocenters. The molecule has 4 rings (SSSR count). The molecule has 0 radical (unpaired) electrons. The summed E-state index contributed by atoms with van der Waals surface area (Å²) in [5, 5.41) is 0.239. The molecule has 0 aliphatic carbocycles. The number of fused-ring (bicyclic) bond motifs is 2. The Morgan fingerprint density at radius 3 is 2.56 bits per heavy atom. The van der Waals surface area contributed by atoms with Gasteiger partial charge in [-0.25, -0.2) is 9.78 Å². The maximum Gasteiger partial charge on any atom is 0.341 e. The molecule has 0 aliphatic rings. The van der Waals surface area contributed by atoms with E-state index < -0.39 is 5.97 Å². The molecule has 0 fully saturated rings. The van der Waals surface area contributed by atoms with Crippen LogP contribution in [-0.2, 0) is 16.1 Å². The van der Waals surface area contributed by atoms with Crippen molar-refractivity contribution in [2.75, 3.05) is 6.61 Å². The lowest BCUT2D eigenvalue weighted by molar-refractivity contribution is -0.118. The molecule has 8 nitrogen and oxygen atoms in total. The molecule has 174 valence electrons. The van der Waals surface area contributed by atoms with Gasteiger partial charge in [-0.2, -0.15) is 4.99 Å². The molecule has 0 bridgehead atoms. The Hall–Kier alpha value is -4.07. The van der Waals surface area contributed by atoms with Crippen LogP contribution in [0.15, 0.2) is 70.6 Å². The third kappa shape index (κ3) is 4.66. The zero-order chi connectivity index (χ0) is 24.1. The van der Waals surface area contributed by atoms with Crippen LogP contribution in [-0.4, -0.2) is 32.4 Å². The van der Waals surface area contributed by atoms with Gasteiger partial charge in [0.25, 0.3) is 5.56 Å². The minimum absolute atomic E-state index is 0.0601. The fourth-order valence-corrected chi connectivity index (χ4v) is 3.78. The topological polar surface area (TPSA) is 95.0 Å². The molecule has 8 heteroatoms. The Labute approximate surface area is 196 Å². The Balaban J connectivity index is 2.11. The summed E-state index contributed by atoms with van der Waals surface area (Å²) in [6, 6.07) is 16.2. The summed E-state index contributed by atoms with van der Waals surface area (Å²) in [5.41, 5.74) is 1.58. The number of benzene rings is 1. The number of hydrogen-bond donors (Lipinski definition) is 0. The summed E-state index contributed by atoms with van der Waals surface area (Å²) in [6.45, 7) is 4.10. The molecule has 0 spiro atoms. The number of rotatable bonds is 7. The first-order valence-corrected chi connectivity index (χ1v) is 11.4. The molecule has 1 amide bonds. The highest BCUT2D eigenvalue weighted by atomic mass is 16.5. The van der Waals surface area contributed by atoms with Crippen molar-refractivity contribution < 1.29 is 14.3 Å². The maximum atomic E-state index is 13.4. The van der Waals surface area contributed by atoms with E-state index in [1.54, 1.807) is 35.9 Å². The first kappa shape index (κ1) is 23.1. The lowest BCUT2D eigenvalue weighted by Crippen LogP contribution is -2.33. The van der Waals surface area contributed by atoms with Gasteiger partial charge in [-0.1, -0.05) is 49.7 Å². The van der Waals surface area contributed by atoms with Crippen molar-refractivity contribution in [2.45, 2.75) is 39.7 Å². The number of carbonyl (C=O) groups is 2. The molecule has 0 saturated carbocycles. The van der Waals surface area contributed by atoms with Crippen LogP contribution in [0.2, 0.25) is 0 Å². The van der Waals surface area contributed by atoms with Crippen LogP contribution in [0.5, 0.6) is 0 Å². The summed E-state index contributed by atoms with van der Waals surface area (Å²) >= 11 is 0. The SMILES string of the molecule is CCCCC(=O)N=c1c(C(=O)OCC)cc2c(=O)n3ccccc3nc2n1Cc1ccccc1. The van der Waals surface area contributed by atoms with Gasteiger partial charge >= 0.3 is 5.97 Å². The molecule has 4 aromatic rings. The number of carbonyl (C=O) groups excluding carboxylic acids is 2. The second-order valence-electron chi connectivity index (χ2n) is 7.87. The number of aromatic nitrogens is 3. The number of amides is 1. The van der Waals surface area contributed by atoms with Gasteiger partial charge in [0.15, 0.2) is 5.49 Å². The standard InChI is InChI=1S/C26H26N4O4/c1-3-5-14-22(31)28-24-20(26(33)34-4-2)16-19-23(30(24)17-18-11-7-6-8-12-18)27-21-13-9-10-15-29(21)25(19)32/h6-13,15-16H,3-5,14,17H2,1-2H3. The third-order valence-electron chi connectivity index (χ3n) is 5.44. The number of esters is 1. The van der Waals surface area contributed by atoms with Crippen LogP contribution in [0, 0.1) is 0 Å². The van der Waals surface area contributed by atoms with Gasteiger partial charge in [-0.05, 0) is 37.1 Å². The Morgan fingerprint density at radius 1 is 1.06 bits per heavy atom. The van der Waals surface area contributed by atoms with E-state index in [2.05, 4.69) is 4.99 Å². The van der Waals surface area contributed by atoms with Crippen LogP contribution in [0.1, 0.15) is 49.0 Å². The molecule has 0 unspecified atom stereocenters. The quantitative estimate of drug-likeness (QED) is 0.312. The van der Waals surface area contributed by atoms with E-state index in [0.717, 1.165) is 12.0 Å². The number of nitrogens with zero attached hydrogens (tertiary/aromatic N) is 4. The van der Waals surface area contributed by atoms with Gasteiger partial charge in [-0.15, -0.1) is 0 Å². The van der Waals surface area contributed by atoms with Gasteiger partial charge in [0, 0.05) is 12.6 Å². The summed E-state index contributed by atoms with van der Waals surface area (Å²) in [7, 11) is 0. The molecule has 0 N–H and O–H groups in total. The summed E-state index contributed by atoms with van der Waals surface area (Å²) in [6.07, 6.45) is 3.42. The van der Waals surface area contributed by atoms with Crippen molar-refractivity contribution >= 4 is 28.6 Å². The first-order valence-electron chi connectivity index (χ1n) is 11.4. The predicted octanol–water partition coefficient (Wildman–Crippen LogP) is 3.49. The van der Waals surface area contributed by atoms with E-state index in [9.17, 15) is 14.4 Å². The van der Waals surface area contributed by atoms with E-state index in [1.165, 1.54) is 10.5 Å². The van der Waals surface area contributed by atoms with E-state index in [0.29, 0.717) is 17.7 Å². The zero-order valence-corrected chi connectivity index (χ0v) is 19.2. The molecule has 34 heavy (non-hydrogen) atoms. The van der Waals surface area contributed by atoms with Crippen LogP contribution in [0.3, 0.4) is 0 Å². The molecule has 0 saturated heterocycles. The lowest BCUT2D eigenvalue weighted by Gasteiger charge is -2.15. The fourth-order valence-electron chi connectivity index (χ4n) is 3.78. The average molecular weight is 459 g/mol. The summed E-state index contributed by atoms with van der Waals surface area (Å²) < 4.78 is 8.35. The van der Waals surface area contributed by atoms with Crippen molar-refractivity contribution in [3.63, 3.8) is 0 Å². The summed E-state index contributed by atoms with van der Waals surface area (Å²) in [5.74, 6) is -0.989. The molecular weight excluding hydrogens is 432 g/mol. The number of hydrogen-bond acceptors (Lipinski definition) is 5. The molecule has 0 aliphatic heterocycles. The highest BCUT2D eigenvalue weighted by Crippen LogP contribution is 2.13. The smallest absolute Gasteiger partial charge is 0.341 e. The largest absolute Gasteiger partial charge is 0.462 e. The van der Waals surface area contributed by atoms with E-state index >= 15 is 0 Å². The van der Waals surface area contributed by atoms with Crippen LogP contribution in [0.25, 0.3) is 16.7 Å². The average Bonchev–Trinajstić information content (AvgIpc) is 2.85. The van der Waals surface area contributed by atoms with E-state index in [1.807, 2.05) is 37.3 Å². The van der Waals surface area contributed by atoms with Crippen molar-refractivity contribution in [2.24, 2.45) is 4.99 Å². The van der Waals surface area contributed by atoms with Crippen molar-refractivity contribution in [3.8, 4) is 0 Å². The lowest BCUT2D eigenvalue weighted by atomic mass is 10.1. The Bertz CT molecular complexity index is 1490.